The van der Waals surface area contributed by atoms with E-state index in [0.29, 0.717) is 25.3 Å². The Kier molecular flexibility index (Phi) is 6.53. The van der Waals surface area contributed by atoms with Gasteiger partial charge in [-0.25, -0.2) is 9.78 Å². The van der Waals surface area contributed by atoms with Crippen LogP contribution >= 0.6 is 0 Å². The summed E-state index contributed by atoms with van der Waals surface area (Å²) in [5.41, 5.74) is 0.830. The second-order valence-electron chi connectivity index (χ2n) is 7.87. The number of piperazine rings is 1. The van der Waals surface area contributed by atoms with E-state index in [9.17, 15) is 14.4 Å². The SMILES string of the molecule is COc1ccc(CN2C(=O)NC(CCC(=O)N3CCN(c4ccccn4)CC3)C2=O)cc1. The molecule has 2 saturated heterocycles. The van der Waals surface area contributed by atoms with Crippen molar-refractivity contribution in [2.24, 2.45) is 0 Å². The molecule has 1 unspecified atom stereocenters. The summed E-state index contributed by atoms with van der Waals surface area (Å²) in [5, 5.41) is 2.71. The summed E-state index contributed by atoms with van der Waals surface area (Å²) < 4.78 is 5.13. The van der Waals surface area contributed by atoms with E-state index >= 15 is 0 Å². The first-order chi connectivity index (χ1) is 15.5. The summed E-state index contributed by atoms with van der Waals surface area (Å²) in [4.78, 5) is 47.2. The van der Waals surface area contributed by atoms with Gasteiger partial charge in [0.25, 0.3) is 5.91 Å². The minimum absolute atomic E-state index is 0.00123. The van der Waals surface area contributed by atoms with Crippen molar-refractivity contribution >= 4 is 23.7 Å². The summed E-state index contributed by atoms with van der Waals surface area (Å²) in [6.07, 6.45) is 2.28. The summed E-state index contributed by atoms with van der Waals surface area (Å²) in [7, 11) is 1.58. The van der Waals surface area contributed by atoms with E-state index in [1.54, 1.807) is 25.4 Å². The van der Waals surface area contributed by atoms with Crippen LogP contribution in [0.25, 0.3) is 0 Å². The molecule has 0 radical (unpaired) electrons. The number of rotatable bonds is 7. The Hall–Kier alpha value is -3.62. The van der Waals surface area contributed by atoms with Gasteiger partial charge >= 0.3 is 6.03 Å². The van der Waals surface area contributed by atoms with Crippen molar-refractivity contribution in [2.75, 3.05) is 38.2 Å². The Balaban J connectivity index is 1.25. The number of nitrogens with zero attached hydrogens (tertiary/aromatic N) is 4. The van der Waals surface area contributed by atoms with E-state index in [4.69, 9.17) is 4.74 Å². The van der Waals surface area contributed by atoms with Crippen LogP contribution in [-0.4, -0.2) is 72.0 Å². The highest BCUT2D eigenvalue weighted by atomic mass is 16.5. The third-order valence-electron chi connectivity index (χ3n) is 5.86. The number of ether oxygens (including phenoxy) is 1. The number of carbonyl (C=O) groups excluding carboxylic acids is 3. The number of amides is 4. The molecule has 0 saturated carbocycles. The number of hydrogen-bond donors (Lipinski definition) is 1. The normalized spacial score (nSPS) is 18.7. The van der Waals surface area contributed by atoms with Gasteiger partial charge in [0.15, 0.2) is 0 Å². The van der Waals surface area contributed by atoms with E-state index < -0.39 is 12.1 Å². The van der Waals surface area contributed by atoms with Crippen LogP contribution in [0.1, 0.15) is 18.4 Å². The fourth-order valence-corrected chi connectivity index (χ4v) is 3.99. The number of urea groups is 1. The standard InChI is InChI=1S/C23H27N5O4/c1-32-18-7-5-17(6-8-18)16-28-22(30)19(25-23(28)31)9-10-21(29)27-14-12-26(13-15-27)20-4-2-3-11-24-20/h2-8,11,19H,9-10,12-16H2,1H3,(H,25,31). The second kappa shape index (κ2) is 9.67. The van der Waals surface area contributed by atoms with Crippen molar-refractivity contribution in [1.82, 2.24) is 20.1 Å². The second-order valence-corrected chi connectivity index (χ2v) is 7.87. The first-order valence-electron chi connectivity index (χ1n) is 10.7. The van der Waals surface area contributed by atoms with Gasteiger partial charge in [-0.2, -0.15) is 0 Å². The zero-order valence-electron chi connectivity index (χ0n) is 18.1. The lowest BCUT2D eigenvalue weighted by Gasteiger charge is -2.35. The summed E-state index contributed by atoms with van der Waals surface area (Å²) in [5.74, 6) is 1.33. The molecule has 32 heavy (non-hydrogen) atoms. The van der Waals surface area contributed by atoms with Crippen LogP contribution in [-0.2, 0) is 16.1 Å². The molecule has 2 fully saturated rings. The molecule has 2 aliphatic heterocycles. The fraction of sp³-hybridized carbons (Fsp3) is 0.391. The number of benzene rings is 1. The maximum atomic E-state index is 12.7. The lowest BCUT2D eigenvalue weighted by molar-refractivity contribution is -0.132. The maximum absolute atomic E-state index is 12.7. The first kappa shape index (κ1) is 21.6. The van der Waals surface area contributed by atoms with Crippen LogP contribution in [0.4, 0.5) is 10.6 Å². The number of imide groups is 1. The summed E-state index contributed by atoms with van der Waals surface area (Å²) >= 11 is 0. The lowest BCUT2D eigenvalue weighted by atomic mass is 10.1. The molecule has 0 spiro atoms. The van der Waals surface area contributed by atoms with E-state index in [2.05, 4.69) is 15.2 Å². The van der Waals surface area contributed by atoms with Gasteiger partial charge in [-0.15, -0.1) is 0 Å². The number of anilines is 1. The van der Waals surface area contributed by atoms with Gasteiger partial charge in [-0.05, 0) is 36.2 Å². The molecule has 1 N–H and O–H groups in total. The Bertz CT molecular complexity index is 958. The minimum Gasteiger partial charge on any atom is -0.497 e. The number of carbonyl (C=O) groups is 3. The Morgan fingerprint density at radius 3 is 2.50 bits per heavy atom. The smallest absolute Gasteiger partial charge is 0.325 e. The van der Waals surface area contributed by atoms with E-state index in [1.165, 1.54) is 4.90 Å². The van der Waals surface area contributed by atoms with Gasteiger partial charge in [0, 0.05) is 38.8 Å². The summed E-state index contributed by atoms with van der Waals surface area (Å²) in [6.45, 7) is 2.86. The van der Waals surface area contributed by atoms with Gasteiger partial charge in [0.2, 0.25) is 5.91 Å². The molecule has 0 aliphatic carbocycles. The van der Waals surface area contributed by atoms with Gasteiger partial charge in [0.05, 0.1) is 13.7 Å². The molecule has 1 atom stereocenters. The Labute approximate surface area is 187 Å². The van der Waals surface area contributed by atoms with Gasteiger partial charge in [0.1, 0.15) is 17.6 Å². The Morgan fingerprint density at radius 2 is 1.84 bits per heavy atom. The van der Waals surface area contributed by atoms with E-state index in [-0.39, 0.29) is 24.8 Å². The molecule has 0 bridgehead atoms. The third-order valence-corrected chi connectivity index (χ3v) is 5.86. The number of hydrogen-bond acceptors (Lipinski definition) is 6. The highest BCUT2D eigenvalue weighted by molar-refractivity contribution is 6.04. The van der Waals surface area contributed by atoms with Gasteiger partial charge in [-0.3, -0.25) is 14.5 Å². The van der Waals surface area contributed by atoms with Crippen molar-refractivity contribution in [1.29, 1.82) is 0 Å². The lowest BCUT2D eigenvalue weighted by Crippen LogP contribution is -2.49. The largest absolute Gasteiger partial charge is 0.497 e. The molecule has 1 aromatic heterocycles. The van der Waals surface area contributed by atoms with Crippen LogP contribution in [0.15, 0.2) is 48.7 Å². The average Bonchev–Trinajstić information content (AvgIpc) is 3.11. The van der Waals surface area contributed by atoms with Crippen LogP contribution < -0.4 is 15.0 Å². The van der Waals surface area contributed by atoms with Crippen molar-refractivity contribution in [3.63, 3.8) is 0 Å². The molecular formula is C23H27N5O4. The monoisotopic (exact) mass is 437 g/mol. The summed E-state index contributed by atoms with van der Waals surface area (Å²) in [6, 6.07) is 11.9. The fourth-order valence-electron chi connectivity index (χ4n) is 3.99. The number of pyridine rings is 1. The molecule has 3 heterocycles. The quantitative estimate of drug-likeness (QED) is 0.662. The molecule has 4 amide bonds. The number of nitrogens with one attached hydrogen (secondary N) is 1. The van der Waals surface area contributed by atoms with E-state index in [1.807, 2.05) is 35.2 Å². The first-order valence-corrected chi connectivity index (χ1v) is 10.7. The molecule has 168 valence electrons. The predicted octanol–water partition coefficient (Wildman–Crippen LogP) is 1.64. The van der Waals surface area contributed by atoms with Crippen LogP contribution in [0, 0.1) is 0 Å². The van der Waals surface area contributed by atoms with Crippen molar-refractivity contribution in [3.8, 4) is 5.75 Å². The number of aromatic nitrogens is 1. The highest BCUT2D eigenvalue weighted by Gasteiger charge is 2.38. The zero-order valence-corrected chi connectivity index (χ0v) is 18.1. The Morgan fingerprint density at radius 1 is 1.09 bits per heavy atom. The van der Waals surface area contributed by atoms with Crippen molar-refractivity contribution < 1.29 is 19.1 Å². The van der Waals surface area contributed by atoms with Gasteiger partial charge < -0.3 is 19.9 Å². The molecular weight excluding hydrogens is 410 g/mol. The van der Waals surface area contributed by atoms with Crippen LogP contribution in [0.5, 0.6) is 5.75 Å². The van der Waals surface area contributed by atoms with Crippen LogP contribution in [0.3, 0.4) is 0 Å². The molecule has 2 aliphatic rings. The van der Waals surface area contributed by atoms with Crippen molar-refractivity contribution in [3.05, 3.63) is 54.2 Å². The highest BCUT2D eigenvalue weighted by Crippen LogP contribution is 2.19. The van der Waals surface area contributed by atoms with Gasteiger partial charge in [-0.1, -0.05) is 18.2 Å². The topological polar surface area (TPSA) is 95.1 Å². The molecule has 2 aromatic rings. The molecule has 4 rings (SSSR count). The predicted molar refractivity (Wildman–Crippen MR) is 118 cm³/mol. The zero-order chi connectivity index (χ0) is 22.5. The van der Waals surface area contributed by atoms with Crippen LogP contribution in [0.2, 0.25) is 0 Å². The molecule has 9 heteroatoms. The maximum Gasteiger partial charge on any atom is 0.325 e. The minimum atomic E-state index is -0.667. The van der Waals surface area contributed by atoms with Crippen molar-refractivity contribution in [2.45, 2.75) is 25.4 Å². The molecule has 1 aromatic carbocycles. The molecule has 9 nitrogen and oxygen atoms in total. The third kappa shape index (κ3) is 4.82. The average molecular weight is 438 g/mol. The van der Waals surface area contributed by atoms with E-state index in [0.717, 1.165) is 24.5 Å². The number of methoxy groups -OCH3 is 1.